The lowest BCUT2D eigenvalue weighted by molar-refractivity contribution is -0.122. The molecule has 0 radical (unpaired) electrons. The monoisotopic (exact) mass is 496 g/mol. The van der Waals surface area contributed by atoms with Gasteiger partial charge in [-0.3, -0.25) is 14.6 Å². The molecule has 1 saturated heterocycles. The Labute approximate surface area is 222 Å². The molecule has 8 rings (SSSR count). The van der Waals surface area contributed by atoms with Gasteiger partial charge in [-0.2, -0.15) is 0 Å². The number of aryl methyl sites for hydroxylation is 3. The first kappa shape index (κ1) is 22.9. The number of hydrogen-bond acceptors (Lipinski definition) is 3. The van der Waals surface area contributed by atoms with E-state index in [9.17, 15) is 9.59 Å². The van der Waals surface area contributed by atoms with Crippen LogP contribution in [0.5, 0.6) is 0 Å². The molecule has 4 nitrogen and oxygen atoms in total. The molecule has 0 saturated carbocycles. The molecule has 4 heteroatoms. The summed E-state index contributed by atoms with van der Waals surface area (Å²) in [6.07, 6.45) is 1.96. The van der Waals surface area contributed by atoms with Crippen molar-refractivity contribution in [3.8, 4) is 0 Å². The lowest BCUT2D eigenvalue weighted by atomic mass is 9.47. The number of imide groups is 1. The van der Waals surface area contributed by atoms with Crippen LogP contribution in [0.3, 0.4) is 0 Å². The molecule has 4 aromatic carbocycles. The van der Waals surface area contributed by atoms with Crippen molar-refractivity contribution in [1.82, 2.24) is 0 Å². The quantitative estimate of drug-likeness (QED) is 0.238. The molecule has 2 amide bonds. The normalized spacial score (nSPS) is 25.0. The molecule has 2 atom stereocenters. The summed E-state index contributed by atoms with van der Waals surface area (Å²) in [6, 6.07) is 30.6. The van der Waals surface area contributed by atoms with Crippen molar-refractivity contribution >= 4 is 29.4 Å². The molecule has 0 N–H and O–H groups in total. The van der Waals surface area contributed by atoms with Crippen LogP contribution in [-0.2, 0) is 15.0 Å². The first-order valence-electron chi connectivity index (χ1n) is 13.2. The molecule has 0 unspecified atom stereocenters. The van der Waals surface area contributed by atoms with E-state index in [4.69, 9.17) is 4.99 Å². The summed E-state index contributed by atoms with van der Waals surface area (Å²) in [5.41, 5.74) is 8.23. The number of amides is 2. The summed E-state index contributed by atoms with van der Waals surface area (Å²) < 4.78 is 0. The first-order chi connectivity index (χ1) is 18.4. The third-order valence-corrected chi connectivity index (χ3v) is 8.73. The van der Waals surface area contributed by atoms with Gasteiger partial charge in [0.2, 0.25) is 11.8 Å². The second-order valence-corrected chi connectivity index (χ2v) is 10.9. The van der Waals surface area contributed by atoms with Crippen LogP contribution in [0.1, 0.15) is 44.9 Å². The highest BCUT2D eigenvalue weighted by atomic mass is 16.2. The third kappa shape index (κ3) is 2.94. The van der Waals surface area contributed by atoms with E-state index in [1.807, 2.05) is 86.8 Å². The molecule has 4 aliphatic rings. The Kier molecular flexibility index (Phi) is 4.87. The van der Waals surface area contributed by atoms with Crippen molar-refractivity contribution in [3.63, 3.8) is 0 Å². The van der Waals surface area contributed by atoms with E-state index in [0.29, 0.717) is 5.69 Å². The molecule has 38 heavy (non-hydrogen) atoms. The zero-order valence-corrected chi connectivity index (χ0v) is 21.7. The predicted molar refractivity (Wildman–Crippen MR) is 150 cm³/mol. The van der Waals surface area contributed by atoms with Crippen LogP contribution >= 0.6 is 0 Å². The molecule has 1 aliphatic heterocycles. The number of carbonyl (C=O) groups is 2. The summed E-state index contributed by atoms with van der Waals surface area (Å²) in [5, 5.41) is 0. The van der Waals surface area contributed by atoms with E-state index in [1.54, 1.807) is 0 Å². The van der Waals surface area contributed by atoms with E-state index in [0.717, 1.165) is 44.6 Å². The summed E-state index contributed by atoms with van der Waals surface area (Å²) in [7, 11) is 0. The van der Waals surface area contributed by atoms with Gasteiger partial charge in [-0.25, -0.2) is 4.90 Å². The van der Waals surface area contributed by atoms with Crippen LogP contribution in [0.15, 0.2) is 96.0 Å². The van der Waals surface area contributed by atoms with Crippen molar-refractivity contribution < 1.29 is 9.59 Å². The van der Waals surface area contributed by atoms with Gasteiger partial charge in [0.1, 0.15) is 0 Å². The maximum atomic E-state index is 14.5. The van der Waals surface area contributed by atoms with Gasteiger partial charge in [-0.15, -0.1) is 0 Å². The summed E-state index contributed by atoms with van der Waals surface area (Å²) >= 11 is 0. The molecule has 3 aliphatic carbocycles. The van der Waals surface area contributed by atoms with Crippen molar-refractivity contribution in [2.75, 3.05) is 4.90 Å². The van der Waals surface area contributed by atoms with E-state index >= 15 is 0 Å². The van der Waals surface area contributed by atoms with Crippen LogP contribution in [0.2, 0.25) is 0 Å². The maximum Gasteiger partial charge on any atom is 0.239 e. The Morgan fingerprint density at radius 1 is 0.737 bits per heavy atom. The van der Waals surface area contributed by atoms with Crippen LogP contribution < -0.4 is 4.90 Å². The van der Waals surface area contributed by atoms with Crippen LogP contribution in [0.25, 0.3) is 0 Å². The lowest BCUT2D eigenvalue weighted by Gasteiger charge is -2.52. The van der Waals surface area contributed by atoms with E-state index in [2.05, 4.69) is 31.2 Å². The Morgan fingerprint density at radius 2 is 1.34 bits per heavy atom. The van der Waals surface area contributed by atoms with Gasteiger partial charge in [0.15, 0.2) is 0 Å². The zero-order valence-electron chi connectivity index (χ0n) is 21.7. The number of rotatable bonds is 3. The van der Waals surface area contributed by atoms with Crippen LogP contribution in [0.4, 0.5) is 11.4 Å². The average molecular weight is 497 g/mol. The lowest BCUT2D eigenvalue weighted by Crippen LogP contribution is -2.54. The van der Waals surface area contributed by atoms with E-state index in [-0.39, 0.29) is 17.7 Å². The first-order valence-corrected chi connectivity index (χ1v) is 13.2. The highest BCUT2D eigenvalue weighted by molar-refractivity contribution is 6.25. The molecule has 186 valence electrons. The second kappa shape index (κ2) is 8.09. The van der Waals surface area contributed by atoms with Crippen molar-refractivity contribution in [2.45, 2.75) is 32.1 Å². The van der Waals surface area contributed by atoms with Crippen molar-refractivity contribution in [3.05, 3.63) is 130 Å². The Balaban J connectivity index is 1.50. The standard InChI is InChI=1S/C34H28N2O2/c1-20-12-15-23(16-13-20)35-19-34-26-10-6-4-8-24(26)29(25-9-5-7-11-27(25)34)30-31(34)33(38)36(32(30)37)28-17-14-21(2)18-22(28)3/h4-19,29-31H,1-3H3/t29?,30-,31-,34?/m0/s1. The van der Waals surface area contributed by atoms with Gasteiger partial charge in [0.05, 0.1) is 28.6 Å². The van der Waals surface area contributed by atoms with Gasteiger partial charge in [-0.05, 0) is 66.8 Å². The molecule has 2 bridgehead atoms. The summed E-state index contributed by atoms with van der Waals surface area (Å²) in [5.74, 6) is -1.49. The second-order valence-electron chi connectivity index (χ2n) is 10.9. The molecule has 1 heterocycles. The van der Waals surface area contributed by atoms with Gasteiger partial charge in [0.25, 0.3) is 0 Å². The Bertz CT molecular complexity index is 1620. The molecule has 1 fully saturated rings. The van der Waals surface area contributed by atoms with Gasteiger partial charge in [0, 0.05) is 12.1 Å². The fourth-order valence-corrected chi connectivity index (χ4v) is 7.15. The topological polar surface area (TPSA) is 49.7 Å². The maximum absolute atomic E-state index is 14.5. The van der Waals surface area contributed by atoms with E-state index in [1.165, 1.54) is 4.90 Å². The highest BCUT2D eigenvalue weighted by Crippen LogP contribution is 2.63. The van der Waals surface area contributed by atoms with Gasteiger partial charge < -0.3 is 0 Å². The molecule has 4 aromatic rings. The minimum absolute atomic E-state index is 0.117. The zero-order chi connectivity index (χ0) is 26.2. The number of hydrogen-bond donors (Lipinski definition) is 0. The number of anilines is 1. The Morgan fingerprint density at radius 3 is 1.97 bits per heavy atom. The third-order valence-electron chi connectivity index (χ3n) is 8.73. The summed E-state index contributed by atoms with van der Waals surface area (Å²) in [6.45, 7) is 6.04. The smallest absolute Gasteiger partial charge is 0.239 e. The fourth-order valence-electron chi connectivity index (χ4n) is 7.15. The van der Waals surface area contributed by atoms with Crippen molar-refractivity contribution in [1.29, 1.82) is 0 Å². The van der Waals surface area contributed by atoms with Gasteiger partial charge in [-0.1, -0.05) is 83.9 Å². The minimum atomic E-state index is -0.850. The largest absolute Gasteiger partial charge is 0.274 e. The molecule has 0 spiro atoms. The predicted octanol–water partition coefficient (Wildman–Crippen LogP) is 6.57. The Hall–Kier alpha value is -4.31. The number of carbonyl (C=O) groups excluding carboxylic acids is 2. The fraction of sp³-hybridized carbons (Fsp3) is 0.206. The van der Waals surface area contributed by atoms with Crippen LogP contribution in [0, 0.1) is 32.6 Å². The molecular formula is C34H28N2O2. The SMILES string of the molecule is Cc1ccc(N=CC23c4ccccc4C(c4ccccc42)[C@@H]2C(=O)N(c4ccc(C)cc4C)C(=O)[C@H]23)cc1. The number of aliphatic imine (C=N–C) groups is 1. The highest BCUT2D eigenvalue weighted by Gasteiger charge is 2.68. The molecule has 0 aromatic heterocycles. The van der Waals surface area contributed by atoms with E-state index < -0.39 is 17.3 Å². The van der Waals surface area contributed by atoms with Crippen LogP contribution in [-0.4, -0.2) is 18.0 Å². The number of nitrogens with zero attached hydrogens (tertiary/aromatic N) is 2. The average Bonchev–Trinajstić information content (AvgIpc) is 3.19. The van der Waals surface area contributed by atoms with Crippen molar-refractivity contribution in [2.24, 2.45) is 16.8 Å². The van der Waals surface area contributed by atoms with Gasteiger partial charge >= 0.3 is 0 Å². The summed E-state index contributed by atoms with van der Waals surface area (Å²) in [4.78, 5) is 35.3. The minimum Gasteiger partial charge on any atom is -0.274 e. The molecular weight excluding hydrogens is 468 g/mol. The number of benzene rings is 4.